The molecular formula is C15H21NO2. The predicted octanol–water partition coefficient (Wildman–Crippen LogP) is 2.29. The molecule has 1 aliphatic carbocycles. The van der Waals surface area contributed by atoms with Gasteiger partial charge in [-0.1, -0.05) is 18.2 Å². The third kappa shape index (κ3) is 2.15. The fraction of sp³-hybridized carbons (Fsp3) is 0.533. The summed E-state index contributed by atoms with van der Waals surface area (Å²) in [6, 6.07) is 6.09. The lowest BCUT2D eigenvalue weighted by Crippen LogP contribution is -2.43. The lowest BCUT2D eigenvalue weighted by molar-refractivity contribution is -0.149. The molecule has 3 N–H and O–H groups in total. The Hall–Kier alpha value is -1.35. The van der Waals surface area contributed by atoms with Crippen molar-refractivity contribution in [2.45, 2.75) is 33.1 Å². The lowest BCUT2D eigenvalue weighted by Gasteiger charge is -2.29. The molecule has 1 aromatic rings. The highest BCUT2D eigenvalue weighted by Gasteiger charge is 2.50. The number of aryl methyl sites for hydroxylation is 2. The van der Waals surface area contributed by atoms with Crippen molar-refractivity contribution in [3.05, 3.63) is 34.9 Å². The molecule has 1 fully saturated rings. The van der Waals surface area contributed by atoms with Gasteiger partial charge in [0.2, 0.25) is 0 Å². The van der Waals surface area contributed by atoms with Gasteiger partial charge in [0.15, 0.2) is 0 Å². The number of carbonyl (C=O) groups is 1. The van der Waals surface area contributed by atoms with Gasteiger partial charge in [0.1, 0.15) is 0 Å². The minimum Gasteiger partial charge on any atom is -0.481 e. The zero-order chi connectivity index (χ0) is 13.3. The Bertz CT molecular complexity index is 445. The molecule has 0 bridgehead atoms. The van der Waals surface area contributed by atoms with Crippen LogP contribution in [0.5, 0.6) is 0 Å². The van der Waals surface area contributed by atoms with Crippen LogP contribution >= 0.6 is 0 Å². The molecule has 0 saturated heterocycles. The standard InChI is InChI=1S/C15H21NO2/c1-10-4-3-5-11(2)13(10)8-15(9-16,14(17)18)12-6-7-12/h3-5,12H,6-9,16H2,1-2H3,(H,17,18). The van der Waals surface area contributed by atoms with Gasteiger partial charge in [-0.3, -0.25) is 4.79 Å². The third-order valence-corrected chi connectivity index (χ3v) is 4.29. The van der Waals surface area contributed by atoms with E-state index in [2.05, 4.69) is 0 Å². The van der Waals surface area contributed by atoms with E-state index in [0.717, 1.165) is 29.5 Å². The van der Waals surface area contributed by atoms with Crippen molar-refractivity contribution in [3.8, 4) is 0 Å². The average molecular weight is 247 g/mol. The van der Waals surface area contributed by atoms with E-state index in [1.807, 2.05) is 32.0 Å². The first-order valence-electron chi connectivity index (χ1n) is 6.50. The highest BCUT2D eigenvalue weighted by Crippen LogP contribution is 2.47. The van der Waals surface area contributed by atoms with Crippen molar-refractivity contribution in [1.29, 1.82) is 0 Å². The number of aliphatic carboxylic acids is 1. The summed E-state index contributed by atoms with van der Waals surface area (Å²) in [5, 5.41) is 9.60. The van der Waals surface area contributed by atoms with Crippen molar-refractivity contribution in [1.82, 2.24) is 0 Å². The van der Waals surface area contributed by atoms with Gasteiger partial charge in [-0.15, -0.1) is 0 Å². The van der Waals surface area contributed by atoms with Crippen LogP contribution in [0.1, 0.15) is 29.5 Å². The molecule has 1 aromatic carbocycles. The summed E-state index contributed by atoms with van der Waals surface area (Å²) in [7, 11) is 0. The summed E-state index contributed by atoms with van der Waals surface area (Å²) < 4.78 is 0. The zero-order valence-corrected chi connectivity index (χ0v) is 11.1. The second kappa shape index (κ2) is 4.73. The molecule has 0 spiro atoms. The number of nitrogens with two attached hydrogens (primary N) is 1. The van der Waals surface area contributed by atoms with Crippen molar-refractivity contribution in [3.63, 3.8) is 0 Å². The maximum absolute atomic E-state index is 11.7. The predicted molar refractivity (Wildman–Crippen MR) is 71.5 cm³/mol. The zero-order valence-electron chi connectivity index (χ0n) is 11.1. The Kier molecular flexibility index (Phi) is 3.44. The van der Waals surface area contributed by atoms with E-state index in [-0.39, 0.29) is 12.5 Å². The molecule has 1 saturated carbocycles. The van der Waals surface area contributed by atoms with Gasteiger partial charge in [-0.05, 0) is 55.7 Å². The van der Waals surface area contributed by atoms with Crippen LogP contribution in [0.3, 0.4) is 0 Å². The van der Waals surface area contributed by atoms with E-state index < -0.39 is 11.4 Å². The largest absolute Gasteiger partial charge is 0.481 e. The molecule has 18 heavy (non-hydrogen) atoms. The topological polar surface area (TPSA) is 63.3 Å². The van der Waals surface area contributed by atoms with Gasteiger partial charge < -0.3 is 10.8 Å². The fourth-order valence-corrected chi connectivity index (χ4v) is 2.80. The van der Waals surface area contributed by atoms with Gasteiger partial charge in [0, 0.05) is 6.54 Å². The summed E-state index contributed by atoms with van der Waals surface area (Å²) >= 11 is 0. The Morgan fingerprint density at radius 2 is 1.94 bits per heavy atom. The molecule has 0 radical (unpaired) electrons. The molecule has 3 heteroatoms. The summed E-state index contributed by atoms with van der Waals surface area (Å²) in [5.41, 5.74) is 8.52. The highest BCUT2D eigenvalue weighted by atomic mass is 16.4. The Balaban J connectivity index is 2.37. The van der Waals surface area contributed by atoms with E-state index in [0.29, 0.717) is 6.42 Å². The van der Waals surface area contributed by atoms with Crippen LogP contribution in [0.2, 0.25) is 0 Å². The summed E-state index contributed by atoms with van der Waals surface area (Å²) in [6.07, 6.45) is 2.55. The van der Waals surface area contributed by atoms with Gasteiger partial charge in [0.25, 0.3) is 0 Å². The Morgan fingerprint density at radius 3 is 2.33 bits per heavy atom. The van der Waals surface area contributed by atoms with Crippen molar-refractivity contribution < 1.29 is 9.90 Å². The Labute approximate surface area is 108 Å². The molecule has 2 rings (SSSR count). The number of carboxylic acid groups (broad SMARTS) is 1. The number of hydrogen-bond acceptors (Lipinski definition) is 2. The van der Waals surface area contributed by atoms with Gasteiger partial charge in [0.05, 0.1) is 5.41 Å². The van der Waals surface area contributed by atoms with Crippen LogP contribution in [-0.4, -0.2) is 17.6 Å². The monoisotopic (exact) mass is 247 g/mol. The van der Waals surface area contributed by atoms with Crippen LogP contribution < -0.4 is 5.73 Å². The van der Waals surface area contributed by atoms with Gasteiger partial charge >= 0.3 is 5.97 Å². The number of carboxylic acids is 1. The molecule has 98 valence electrons. The maximum Gasteiger partial charge on any atom is 0.311 e. The van der Waals surface area contributed by atoms with Crippen LogP contribution in [0.15, 0.2) is 18.2 Å². The maximum atomic E-state index is 11.7. The van der Waals surface area contributed by atoms with Crippen LogP contribution in [0, 0.1) is 25.2 Å². The van der Waals surface area contributed by atoms with Crippen molar-refractivity contribution >= 4 is 5.97 Å². The first-order valence-corrected chi connectivity index (χ1v) is 6.50. The molecule has 0 aliphatic heterocycles. The Morgan fingerprint density at radius 1 is 1.39 bits per heavy atom. The van der Waals surface area contributed by atoms with Crippen molar-refractivity contribution in [2.75, 3.05) is 6.54 Å². The molecule has 1 aliphatic rings. The van der Waals surface area contributed by atoms with E-state index in [9.17, 15) is 9.90 Å². The summed E-state index contributed by atoms with van der Waals surface area (Å²) in [4.78, 5) is 11.7. The minimum absolute atomic E-state index is 0.223. The average Bonchev–Trinajstić information content (AvgIpc) is 3.13. The van der Waals surface area contributed by atoms with E-state index in [1.54, 1.807) is 0 Å². The SMILES string of the molecule is Cc1cccc(C)c1CC(CN)(C(=O)O)C1CC1. The molecule has 0 heterocycles. The molecule has 3 nitrogen and oxygen atoms in total. The lowest BCUT2D eigenvalue weighted by atomic mass is 9.75. The van der Waals surface area contributed by atoms with Crippen LogP contribution in [-0.2, 0) is 11.2 Å². The molecule has 0 amide bonds. The van der Waals surface area contributed by atoms with Gasteiger partial charge in [-0.25, -0.2) is 0 Å². The molecule has 1 unspecified atom stereocenters. The first kappa shape index (κ1) is 13.1. The minimum atomic E-state index is -0.767. The van der Waals surface area contributed by atoms with Crippen LogP contribution in [0.4, 0.5) is 0 Å². The number of benzene rings is 1. The van der Waals surface area contributed by atoms with Crippen LogP contribution in [0.25, 0.3) is 0 Å². The fourth-order valence-electron chi connectivity index (χ4n) is 2.80. The second-order valence-electron chi connectivity index (χ2n) is 5.49. The highest BCUT2D eigenvalue weighted by molar-refractivity contribution is 5.76. The molecule has 0 aromatic heterocycles. The van der Waals surface area contributed by atoms with E-state index in [4.69, 9.17) is 5.73 Å². The molecule has 1 atom stereocenters. The smallest absolute Gasteiger partial charge is 0.311 e. The summed E-state index contributed by atoms with van der Waals surface area (Å²) in [6.45, 7) is 4.30. The van der Waals surface area contributed by atoms with Gasteiger partial charge in [-0.2, -0.15) is 0 Å². The number of rotatable bonds is 5. The van der Waals surface area contributed by atoms with E-state index in [1.165, 1.54) is 0 Å². The first-order chi connectivity index (χ1) is 8.51. The normalized spacial score (nSPS) is 18.4. The molecular weight excluding hydrogens is 226 g/mol. The second-order valence-corrected chi connectivity index (χ2v) is 5.49. The van der Waals surface area contributed by atoms with Crippen molar-refractivity contribution in [2.24, 2.45) is 17.1 Å². The van der Waals surface area contributed by atoms with E-state index >= 15 is 0 Å². The quantitative estimate of drug-likeness (QED) is 0.839. The summed E-state index contributed by atoms with van der Waals surface area (Å²) in [5.74, 6) is -0.492. The third-order valence-electron chi connectivity index (χ3n) is 4.29. The number of hydrogen-bond donors (Lipinski definition) is 2.